The smallest absolute Gasteiger partial charge is 0.270 e. The van der Waals surface area contributed by atoms with Crippen LogP contribution in [-0.4, -0.2) is 26.2 Å². The average Bonchev–Trinajstić information content (AvgIpc) is 1.56. The molecule has 0 aromatic heterocycles. The first-order chi connectivity index (χ1) is 4.63. The first-order valence-electron chi connectivity index (χ1n) is 2.84. The number of carbonyl (C=O) groups is 1. The molecule has 6 heteroatoms. The number of nitrogens with one attached hydrogen (secondary N) is 1. The van der Waals surface area contributed by atoms with Crippen LogP contribution < -0.4 is 4.72 Å². The summed E-state index contributed by atoms with van der Waals surface area (Å²) in [7, 11) is -3.65. The van der Waals surface area contributed by atoms with E-state index >= 15 is 0 Å². The Kier molecular flexibility index (Phi) is 2.60. The van der Waals surface area contributed by atoms with Crippen LogP contribution in [0.4, 0.5) is 4.39 Å². The molecule has 0 aliphatic carbocycles. The predicted molar refractivity (Wildman–Crippen MR) is 38.2 cm³/mol. The lowest BCUT2D eigenvalue weighted by Gasteiger charge is -2.11. The van der Waals surface area contributed by atoms with Crippen molar-refractivity contribution in [2.75, 3.05) is 6.26 Å². The Balaban J connectivity index is 4.35. The standard InChI is InChI=1S/C5H10FNO3S/c1-5(2,6)4(8)7-11(3,9)10/h1-3H3,(H,7,8). The molecule has 0 fully saturated rings. The SMILES string of the molecule is CC(C)(F)C(=O)NS(C)(=O)=O. The Morgan fingerprint density at radius 3 is 1.91 bits per heavy atom. The summed E-state index contributed by atoms with van der Waals surface area (Å²) in [5, 5.41) is 0. The molecule has 11 heavy (non-hydrogen) atoms. The summed E-state index contributed by atoms with van der Waals surface area (Å²) in [4.78, 5) is 10.6. The van der Waals surface area contributed by atoms with Gasteiger partial charge >= 0.3 is 0 Å². The summed E-state index contributed by atoms with van der Waals surface area (Å²) >= 11 is 0. The second-order valence-electron chi connectivity index (χ2n) is 2.68. The van der Waals surface area contributed by atoms with Crippen LogP contribution in [-0.2, 0) is 14.8 Å². The topological polar surface area (TPSA) is 63.2 Å². The molecule has 0 saturated heterocycles. The molecular weight excluding hydrogens is 173 g/mol. The second kappa shape index (κ2) is 2.77. The second-order valence-corrected chi connectivity index (χ2v) is 4.42. The number of rotatable bonds is 2. The summed E-state index contributed by atoms with van der Waals surface area (Å²) in [5.41, 5.74) is -2.16. The molecule has 0 rings (SSSR count). The highest BCUT2D eigenvalue weighted by atomic mass is 32.2. The van der Waals surface area contributed by atoms with Gasteiger partial charge in [-0.2, -0.15) is 0 Å². The minimum absolute atomic E-state index is 0.788. The van der Waals surface area contributed by atoms with Crippen LogP contribution in [0.3, 0.4) is 0 Å². The molecule has 0 aliphatic heterocycles. The van der Waals surface area contributed by atoms with Crippen LogP contribution in [0, 0.1) is 0 Å². The van der Waals surface area contributed by atoms with Crippen molar-refractivity contribution in [1.29, 1.82) is 0 Å². The van der Waals surface area contributed by atoms with Gasteiger partial charge in [0, 0.05) is 0 Å². The van der Waals surface area contributed by atoms with E-state index in [1.54, 1.807) is 0 Å². The fourth-order valence-corrected chi connectivity index (χ4v) is 0.869. The zero-order valence-electron chi connectivity index (χ0n) is 6.51. The molecular formula is C5H10FNO3S. The molecule has 0 radical (unpaired) electrons. The lowest BCUT2D eigenvalue weighted by atomic mass is 10.2. The van der Waals surface area contributed by atoms with Gasteiger partial charge in [0.05, 0.1) is 6.26 Å². The van der Waals surface area contributed by atoms with Gasteiger partial charge in [0.15, 0.2) is 5.67 Å². The number of alkyl halides is 1. The highest BCUT2D eigenvalue weighted by Crippen LogP contribution is 2.07. The molecule has 0 saturated carbocycles. The van der Waals surface area contributed by atoms with Crippen molar-refractivity contribution < 1.29 is 17.6 Å². The van der Waals surface area contributed by atoms with Crippen molar-refractivity contribution in [3.05, 3.63) is 0 Å². The Hall–Kier alpha value is -0.650. The van der Waals surface area contributed by atoms with E-state index in [9.17, 15) is 17.6 Å². The van der Waals surface area contributed by atoms with Gasteiger partial charge in [-0.15, -0.1) is 0 Å². The fraction of sp³-hybridized carbons (Fsp3) is 0.800. The number of halogens is 1. The largest absolute Gasteiger partial charge is 0.270 e. The minimum atomic E-state index is -3.65. The molecule has 1 N–H and O–H groups in total. The van der Waals surface area contributed by atoms with Gasteiger partial charge < -0.3 is 0 Å². The normalized spacial score (nSPS) is 12.7. The molecule has 1 amide bonds. The van der Waals surface area contributed by atoms with Crippen molar-refractivity contribution in [1.82, 2.24) is 4.72 Å². The number of amides is 1. The molecule has 0 heterocycles. The maximum absolute atomic E-state index is 12.6. The van der Waals surface area contributed by atoms with E-state index in [-0.39, 0.29) is 0 Å². The lowest BCUT2D eigenvalue weighted by Crippen LogP contribution is -2.41. The monoisotopic (exact) mass is 183 g/mol. The molecule has 0 atom stereocenters. The van der Waals surface area contributed by atoms with Crippen LogP contribution in [0.25, 0.3) is 0 Å². The summed E-state index contributed by atoms with van der Waals surface area (Å²) in [6.45, 7) is 1.96. The number of hydrogen-bond acceptors (Lipinski definition) is 3. The zero-order valence-corrected chi connectivity index (χ0v) is 7.33. The lowest BCUT2D eigenvalue weighted by molar-refractivity contribution is -0.128. The van der Waals surface area contributed by atoms with Crippen molar-refractivity contribution in [3.63, 3.8) is 0 Å². The summed E-state index contributed by atoms with van der Waals surface area (Å²) in [6, 6.07) is 0. The van der Waals surface area contributed by atoms with Gasteiger partial charge in [-0.05, 0) is 13.8 Å². The molecule has 0 aromatic carbocycles. The van der Waals surface area contributed by atoms with Gasteiger partial charge in [-0.1, -0.05) is 0 Å². The minimum Gasteiger partial charge on any atom is -0.270 e. The first-order valence-corrected chi connectivity index (χ1v) is 4.73. The fourth-order valence-electron chi connectivity index (χ4n) is 0.290. The Morgan fingerprint density at radius 1 is 1.45 bits per heavy atom. The van der Waals surface area contributed by atoms with Crippen molar-refractivity contribution >= 4 is 15.9 Å². The highest BCUT2D eigenvalue weighted by molar-refractivity contribution is 7.89. The van der Waals surface area contributed by atoms with Crippen molar-refractivity contribution in [3.8, 4) is 0 Å². The summed E-state index contributed by atoms with van der Waals surface area (Å²) < 4.78 is 34.9. The van der Waals surface area contributed by atoms with E-state index in [4.69, 9.17) is 0 Å². The van der Waals surface area contributed by atoms with Gasteiger partial charge in [0.25, 0.3) is 5.91 Å². The maximum Gasteiger partial charge on any atom is 0.270 e. The summed E-state index contributed by atoms with van der Waals surface area (Å²) in [5.74, 6) is -1.15. The van der Waals surface area contributed by atoms with Gasteiger partial charge in [-0.3, -0.25) is 9.52 Å². The van der Waals surface area contributed by atoms with E-state index in [0.29, 0.717) is 0 Å². The van der Waals surface area contributed by atoms with Crippen LogP contribution in [0.15, 0.2) is 0 Å². The quantitative estimate of drug-likeness (QED) is 0.645. The Morgan fingerprint density at radius 2 is 1.82 bits per heavy atom. The number of carbonyl (C=O) groups excluding carboxylic acids is 1. The van der Waals surface area contributed by atoms with Crippen LogP contribution >= 0.6 is 0 Å². The van der Waals surface area contributed by atoms with Gasteiger partial charge in [-0.25, -0.2) is 12.8 Å². The Bertz CT molecular complexity index is 251. The van der Waals surface area contributed by atoms with E-state index in [1.807, 2.05) is 0 Å². The average molecular weight is 183 g/mol. The molecule has 0 unspecified atom stereocenters. The molecule has 0 aromatic rings. The summed E-state index contributed by atoms with van der Waals surface area (Å²) in [6.07, 6.45) is 0.788. The van der Waals surface area contributed by atoms with Crippen LogP contribution in [0.2, 0.25) is 0 Å². The molecule has 0 aliphatic rings. The number of sulfonamides is 1. The zero-order chi connectivity index (χ0) is 9.28. The first kappa shape index (κ1) is 10.3. The van der Waals surface area contributed by atoms with Gasteiger partial charge in [0.2, 0.25) is 10.0 Å². The van der Waals surface area contributed by atoms with E-state index < -0.39 is 21.6 Å². The third-order valence-corrected chi connectivity index (χ3v) is 1.37. The molecule has 66 valence electrons. The maximum atomic E-state index is 12.6. The van der Waals surface area contributed by atoms with Crippen LogP contribution in [0.1, 0.15) is 13.8 Å². The Labute approximate surface area is 64.8 Å². The van der Waals surface area contributed by atoms with E-state index in [0.717, 1.165) is 20.1 Å². The molecule has 0 bridgehead atoms. The predicted octanol–water partition coefficient (Wildman–Crippen LogP) is -0.190. The van der Waals surface area contributed by atoms with Crippen LogP contribution in [0.5, 0.6) is 0 Å². The molecule has 4 nitrogen and oxygen atoms in total. The highest BCUT2D eigenvalue weighted by Gasteiger charge is 2.28. The van der Waals surface area contributed by atoms with Crippen molar-refractivity contribution in [2.45, 2.75) is 19.5 Å². The van der Waals surface area contributed by atoms with Gasteiger partial charge in [0.1, 0.15) is 0 Å². The number of hydrogen-bond donors (Lipinski definition) is 1. The van der Waals surface area contributed by atoms with E-state index in [2.05, 4.69) is 0 Å². The van der Waals surface area contributed by atoms with E-state index in [1.165, 1.54) is 4.72 Å². The van der Waals surface area contributed by atoms with Crippen molar-refractivity contribution in [2.24, 2.45) is 0 Å². The molecule has 0 spiro atoms. The third kappa shape index (κ3) is 4.72. The third-order valence-electron chi connectivity index (χ3n) is 0.818.